The van der Waals surface area contributed by atoms with Gasteiger partial charge in [0.25, 0.3) is 0 Å². The fraction of sp³-hybridized carbons (Fsp3) is 1.00. The van der Waals surface area contributed by atoms with Crippen molar-refractivity contribution in [1.82, 2.24) is 5.32 Å². The Morgan fingerprint density at radius 3 is 2.56 bits per heavy atom. The van der Waals surface area contributed by atoms with Crippen LogP contribution in [0.2, 0.25) is 0 Å². The van der Waals surface area contributed by atoms with Gasteiger partial charge >= 0.3 is 0 Å². The van der Waals surface area contributed by atoms with E-state index in [1.54, 1.807) is 0 Å². The summed E-state index contributed by atoms with van der Waals surface area (Å²) in [6, 6.07) is 0. The normalized spacial score (nSPS) is 13.7. The van der Waals surface area contributed by atoms with Crippen molar-refractivity contribution < 1.29 is 0 Å². The van der Waals surface area contributed by atoms with Gasteiger partial charge in [-0.05, 0) is 13.0 Å². The van der Waals surface area contributed by atoms with E-state index in [0.717, 1.165) is 10.5 Å². The highest BCUT2D eigenvalue weighted by Crippen LogP contribution is 2.06. The van der Waals surface area contributed by atoms with Crippen molar-refractivity contribution in [2.45, 2.75) is 30.6 Å². The average molecular weight is 241 g/mol. The monoisotopic (exact) mass is 241 g/mol. The van der Waals surface area contributed by atoms with Gasteiger partial charge in [-0.25, -0.2) is 0 Å². The summed E-state index contributed by atoms with van der Waals surface area (Å²) in [5.41, 5.74) is 0. The zero-order valence-electron chi connectivity index (χ0n) is 6.28. The van der Waals surface area contributed by atoms with Crippen LogP contribution in [0.5, 0.6) is 0 Å². The largest absolute Gasteiger partial charge is 0.316 e. The van der Waals surface area contributed by atoms with E-state index in [0.29, 0.717) is 0 Å². The van der Waals surface area contributed by atoms with Crippen LogP contribution in [0.3, 0.4) is 0 Å². The van der Waals surface area contributed by atoms with Crippen molar-refractivity contribution in [3.63, 3.8) is 0 Å². The molecule has 0 aliphatic heterocycles. The Morgan fingerprint density at radius 1 is 1.44 bits per heavy atom. The number of hydrogen-bond acceptors (Lipinski definition) is 1. The van der Waals surface area contributed by atoms with Gasteiger partial charge in [-0.15, -0.1) is 0 Å². The molecule has 0 aliphatic carbocycles. The molecule has 0 aromatic carbocycles. The second-order valence-electron chi connectivity index (χ2n) is 2.19. The number of alkyl halides is 1. The Kier molecular flexibility index (Phi) is 7.33. The molecule has 1 unspecified atom stereocenters. The van der Waals surface area contributed by atoms with Crippen LogP contribution < -0.4 is 5.32 Å². The van der Waals surface area contributed by atoms with Crippen molar-refractivity contribution in [3.8, 4) is 0 Å². The molecular weight excluding hydrogens is 225 g/mol. The topological polar surface area (TPSA) is 12.0 Å². The molecule has 2 heteroatoms. The first-order valence-corrected chi connectivity index (χ1v) is 4.90. The molecule has 56 valence electrons. The van der Waals surface area contributed by atoms with Crippen LogP contribution in [0, 0.1) is 0 Å². The molecule has 0 aromatic heterocycles. The van der Waals surface area contributed by atoms with E-state index >= 15 is 0 Å². The molecule has 1 nitrogen and oxygen atoms in total. The molecule has 1 N–H and O–H groups in total. The smallest absolute Gasteiger partial charge is 0.0234 e. The SMILES string of the molecule is CCCC(I)CNCC. The molecule has 0 saturated carbocycles. The molecular formula is C7H16IN. The van der Waals surface area contributed by atoms with Crippen LogP contribution in [0.4, 0.5) is 0 Å². The summed E-state index contributed by atoms with van der Waals surface area (Å²) in [6.07, 6.45) is 2.65. The molecule has 9 heavy (non-hydrogen) atoms. The summed E-state index contributed by atoms with van der Waals surface area (Å²) in [5.74, 6) is 0. The molecule has 0 saturated heterocycles. The van der Waals surface area contributed by atoms with E-state index in [9.17, 15) is 0 Å². The van der Waals surface area contributed by atoms with Crippen molar-refractivity contribution in [2.75, 3.05) is 13.1 Å². The second kappa shape index (κ2) is 6.81. The van der Waals surface area contributed by atoms with Gasteiger partial charge in [0.1, 0.15) is 0 Å². The van der Waals surface area contributed by atoms with Crippen molar-refractivity contribution >= 4 is 22.6 Å². The molecule has 0 amide bonds. The Bertz CT molecular complexity index is 56.9. The van der Waals surface area contributed by atoms with Crippen molar-refractivity contribution in [1.29, 1.82) is 0 Å². The molecule has 0 spiro atoms. The molecule has 0 aromatic rings. The van der Waals surface area contributed by atoms with Gasteiger partial charge in [-0.3, -0.25) is 0 Å². The third kappa shape index (κ3) is 6.58. The number of halogens is 1. The van der Waals surface area contributed by atoms with E-state index < -0.39 is 0 Å². The fourth-order valence-corrected chi connectivity index (χ4v) is 1.65. The summed E-state index contributed by atoms with van der Waals surface area (Å²) in [6.45, 7) is 6.65. The van der Waals surface area contributed by atoms with E-state index in [1.165, 1.54) is 19.4 Å². The molecule has 0 heterocycles. The molecule has 1 atom stereocenters. The standard InChI is InChI=1S/C7H16IN/c1-3-5-7(8)6-9-4-2/h7,9H,3-6H2,1-2H3. The number of hydrogen-bond donors (Lipinski definition) is 1. The first kappa shape index (κ1) is 9.69. The van der Waals surface area contributed by atoms with E-state index in [4.69, 9.17) is 0 Å². The maximum absolute atomic E-state index is 3.33. The molecule has 0 radical (unpaired) electrons. The average Bonchev–Trinajstić information content (AvgIpc) is 1.85. The third-order valence-electron chi connectivity index (χ3n) is 1.22. The van der Waals surface area contributed by atoms with Crippen LogP contribution >= 0.6 is 22.6 Å². The van der Waals surface area contributed by atoms with Crippen molar-refractivity contribution in [3.05, 3.63) is 0 Å². The number of nitrogens with one attached hydrogen (secondary N) is 1. The predicted molar refractivity (Wildman–Crippen MR) is 51.3 cm³/mol. The lowest BCUT2D eigenvalue weighted by Gasteiger charge is -2.07. The van der Waals surface area contributed by atoms with Crippen LogP contribution in [-0.2, 0) is 0 Å². The summed E-state index contributed by atoms with van der Waals surface area (Å²) < 4.78 is 0.826. The summed E-state index contributed by atoms with van der Waals surface area (Å²) in [5, 5.41) is 3.33. The third-order valence-corrected chi connectivity index (χ3v) is 2.28. The van der Waals surface area contributed by atoms with Gasteiger partial charge in [0.05, 0.1) is 0 Å². The maximum Gasteiger partial charge on any atom is 0.0234 e. The Balaban J connectivity index is 2.95. The fourth-order valence-electron chi connectivity index (χ4n) is 0.716. The van der Waals surface area contributed by atoms with Gasteiger partial charge in [0.2, 0.25) is 0 Å². The van der Waals surface area contributed by atoms with E-state index in [1.807, 2.05) is 0 Å². The lowest BCUT2D eigenvalue weighted by molar-refractivity contribution is 0.661. The van der Waals surface area contributed by atoms with Crippen LogP contribution in [-0.4, -0.2) is 17.0 Å². The van der Waals surface area contributed by atoms with Gasteiger partial charge in [-0.1, -0.05) is 42.9 Å². The first-order chi connectivity index (χ1) is 4.31. The molecule has 0 bridgehead atoms. The molecule has 0 rings (SSSR count). The Morgan fingerprint density at radius 2 is 2.11 bits per heavy atom. The first-order valence-electron chi connectivity index (χ1n) is 3.66. The van der Waals surface area contributed by atoms with Crippen LogP contribution in [0.15, 0.2) is 0 Å². The summed E-state index contributed by atoms with van der Waals surface area (Å²) in [4.78, 5) is 0. The van der Waals surface area contributed by atoms with Gasteiger partial charge in [-0.2, -0.15) is 0 Å². The van der Waals surface area contributed by atoms with Gasteiger partial charge in [0.15, 0.2) is 0 Å². The summed E-state index contributed by atoms with van der Waals surface area (Å²) in [7, 11) is 0. The zero-order valence-corrected chi connectivity index (χ0v) is 8.44. The van der Waals surface area contributed by atoms with Gasteiger partial charge < -0.3 is 5.32 Å². The van der Waals surface area contributed by atoms with Crippen molar-refractivity contribution in [2.24, 2.45) is 0 Å². The molecule has 0 aliphatic rings. The zero-order chi connectivity index (χ0) is 7.11. The maximum atomic E-state index is 3.33. The minimum Gasteiger partial charge on any atom is -0.316 e. The summed E-state index contributed by atoms with van der Waals surface area (Å²) >= 11 is 2.50. The second-order valence-corrected chi connectivity index (χ2v) is 3.96. The van der Waals surface area contributed by atoms with E-state index in [2.05, 4.69) is 41.8 Å². The van der Waals surface area contributed by atoms with E-state index in [-0.39, 0.29) is 0 Å². The minimum atomic E-state index is 0.826. The van der Waals surface area contributed by atoms with Crippen LogP contribution in [0.25, 0.3) is 0 Å². The minimum absolute atomic E-state index is 0.826. The Hall–Kier alpha value is 0.690. The highest BCUT2D eigenvalue weighted by molar-refractivity contribution is 14.1. The highest BCUT2D eigenvalue weighted by Gasteiger charge is 1.98. The van der Waals surface area contributed by atoms with Crippen LogP contribution in [0.1, 0.15) is 26.7 Å². The lowest BCUT2D eigenvalue weighted by atomic mass is 10.2. The quantitative estimate of drug-likeness (QED) is 0.574. The predicted octanol–water partition coefficient (Wildman–Crippen LogP) is 2.20. The number of rotatable bonds is 5. The highest BCUT2D eigenvalue weighted by atomic mass is 127. The molecule has 0 fully saturated rings. The van der Waals surface area contributed by atoms with Gasteiger partial charge in [0, 0.05) is 10.5 Å². The lowest BCUT2D eigenvalue weighted by Crippen LogP contribution is -2.22. The Labute approximate surface area is 71.7 Å².